The molecule has 0 bridgehead atoms. The Labute approximate surface area is 289 Å². The van der Waals surface area contributed by atoms with Crippen molar-refractivity contribution in [3.8, 4) is 17.2 Å². The van der Waals surface area contributed by atoms with Gasteiger partial charge in [-0.05, 0) is 76.3 Å². The van der Waals surface area contributed by atoms with E-state index in [-0.39, 0.29) is 61.4 Å². The maximum absolute atomic E-state index is 14.4. The highest BCUT2D eigenvalue weighted by Gasteiger charge is 2.32. The van der Waals surface area contributed by atoms with Crippen LogP contribution in [0.25, 0.3) is 0 Å². The number of benzene rings is 2. The Morgan fingerprint density at radius 1 is 0.939 bits per heavy atom. The third kappa shape index (κ3) is 9.57. The fourth-order valence-electron chi connectivity index (χ4n) is 6.75. The first-order valence-electron chi connectivity index (χ1n) is 17.7. The third-order valence-corrected chi connectivity index (χ3v) is 9.72. The molecule has 49 heavy (non-hydrogen) atoms. The minimum atomic E-state index is -0.513. The predicted octanol–water partition coefficient (Wildman–Crippen LogP) is 5.89. The Kier molecular flexibility index (Phi) is 12.6. The number of likely N-dealkylation sites (N-methyl/N-ethyl adjacent to an activating group) is 1. The number of fused-ring (bicyclic) bond motifs is 2. The van der Waals surface area contributed by atoms with Gasteiger partial charge in [-0.15, -0.1) is 0 Å². The van der Waals surface area contributed by atoms with Gasteiger partial charge in [0, 0.05) is 56.0 Å². The molecule has 1 saturated carbocycles. The number of urea groups is 1. The van der Waals surface area contributed by atoms with Gasteiger partial charge in [-0.25, -0.2) is 4.79 Å². The zero-order valence-electron chi connectivity index (χ0n) is 29.2. The van der Waals surface area contributed by atoms with Gasteiger partial charge in [-0.3, -0.25) is 9.59 Å². The first kappa shape index (κ1) is 36.3. The number of hydrogen-bond acceptors (Lipinski definition) is 8. The summed E-state index contributed by atoms with van der Waals surface area (Å²) in [5.41, 5.74) is 1.20. The van der Waals surface area contributed by atoms with E-state index >= 15 is 0 Å². The van der Waals surface area contributed by atoms with E-state index in [1.165, 1.54) is 6.42 Å². The molecule has 0 radical (unpaired) electrons. The SMILES string of the molecule is C[C@@H]1CCCCO[C@H](CN(C)C(=O)C2CCCCC2)[C@@H](C)CN([C@H](C)CO)C(=O)c2cc(NC(=O)Nc3ccc4c(c3)OCO4)ccc2O1. The van der Waals surface area contributed by atoms with Gasteiger partial charge < -0.3 is 44.5 Å². The van der Waals surface area contributed by atoms with Crippen LogP contribution in [0.3, 0.4) is 0 Å². The zero-order valence-corrected chi connectivity index (χ0v) is 29.2. The maximum Gasteiger partial charge on any atom is 0.323 e. The fourth-order valence-corrected chi connectivity index (χ4v) is 6.75. The first-order valence-corrected chi connectivity index (χ1v) is 17.7. The normalized spacial score (nSPS) is 22.7. The smallest absolute Gasteiger partial charge is 0.323 e. The molecule has 12 heteroatoms. The van der Waals surface area contributed by atoms with Crippen LogP contribution in [0.2, 0.25) is 0 Å². The number of nitrogens with zero attached hydrogens (tertiary/aromatic N) is 2. The molecule has 2 aliphatic heterocycles. The summed E-state index contributed by atoms with van der Waals surface area (Å²) in [7, 11) is 1.85. The van der Waals surface area contributed by atoms with Crippen LogP contribution < -0.4 is 24.8 Å². The highest BCUT2D eigenvalue weighted by molar-refractivity contribution is 6.02. The van der Waals surface area contributed by atoms with E-state index in [0.717, 1.165) is 44.9 Å². The zero-order chi connectivity index (χ0) is 34.9. The summed E-state index contributed by atoms with van der Waals surface area (Å²) in [4.78, 5) is 44.2. The standard InChI is InChI=1S/C37H52N4O8/c1-24-20-41(25(2)22-42)36(44)30-18-28(38-37(45)39-29-14-16-32-33(19-29)48-23-47-32)13-15-31(30)49-26(3)10-8-9-17-46-34(24)21-40(4)35(43)27-11-6-5-7-12-27/h13-16,18-19,24-27,34,42H,5-12,17,20-23H2,1-4H3,(H2,38,39,45)/t24-,25+,26+,34+/m0/s1. The monoisotopic (exact) mass is 680 g/mol. The van der Waals surface area contributed by atoms with Crippen LogP contribution in [0, 0.1) is 11.8 Å². The van der Waals surface area contributed by atoms with Crippen molar-refractivity contribution in [3.63, 3.8) is 0 Å². The predicted molar refractivity (Wildman–Crippen MR) is 186 cm³/mol. The van der Waals surface area contributed by atoms with Crippen LogP contribution in [0.15, 0.2) is 36.4 Å². The molecule has 0 unspecified atom stereocenters. The van der Waals surface area contributed by atoms with Gasteiger partial charge in [0.15, 0.2) is 11.5 Å². The van der Waals surface area contributed by atoms with Crippen molar-refractivity contribution >= 4 is 29.2 Å². The molecule has 3 N–H and O–H groups in total. The van der Waals surface area contributed by atoms with Gasteiger partial charge in [-0.1, -0.05) is 26.2 Å². The van der Waals surface area contributed by atoms with E-state index in [9.17, 15) is 19.5 Å². The van der Waals surface area contributed by atoms with E-state index in [1.54, 1.807) is 53.1 Å². The van der Waals surface area contributed by atoms with Crippen LogP contribution in [-0.2, 0) is 9.53 Å². The Bertz CT molecular complexity index is 1450. The van der Waals surface area contributed by atoms with E-state index < -0.39 is 12.1 Å². The van der Waals surface area contributed by atoms with Gasteiger partial charge >= 0.3 is 6.03 Å². The molecule has 0 spiro atoms. The summed E-state index contributed by atoms with van der Waals surface area (Å²) in [5.74, 6) is 1.29. The molecular weight excluding hydrogens is 628 g/mol. The second-order valence-corrected chi connectivity index (χ2v) is 13.7. The Balaban J connectivity index is 1.36. The molecule has 0 saturated heterocycles. The van der Waals surface area contributed by atoms with Crippen LogP contribution in [0.4, 0.5) is 16.2 Å². The summed E-state index contributed by atoms with van der Waals surface area (Å²) in [6, 6.07) is 9.12. The van der Waals surface area contributed by atoms with Gasteiger partial charge in [-0.2, -0.15) is 0 Å². The number of hydrogen-bond donors (Lipinski definition) is 3. The summed E-state index contributed by atoms with van der Waals surface area (Å²) in [5, 5.41) is 15.9. The molecule has 2 aromatic carbocycles. The van der Waals surface area contributed by atoms with Gasteiger partial charge in [0.2, 0.25) is 12.7 Å². The molecule has 5 rings (SSSR count). The number of aliphatic hydroxyl groups is 1. The van der Waals surface area contributed by atoms with E-state index in [4.69, 9.17) is 18.9 Å². The number of aliphatic hydroxyl groups excluding tert-OH is 1. The summed E-state index contributed by atoms with van der Waals surface area (Å²) >= 11 is 0. The molecule has 4 atom stereocenters. The Morgan fingerprint density at radius 3 is 2.35 bits per heavy atom. The summed E-state index contributed by atoms with van der Waals surface area (Å²) in [6.07, 6.45) is 7.19. The quantitative estimate of drug-likeness (QED) is 0.329. The number of anilines is 2. The van der Waals surface area contributed by atoms with Crippen LogP contribution in [0.5, 0.6) is 17.2 Å². The number of carbonyl (C=O) groups excluding carboxylic acids is 3. The van der Waals surface area contributed by atoms with Crippen LogP contribution in [-0.4, -0.2) is 91.1 Å². The first-order chi connectivity index (χ1) is 23.6. The van der Waals surface area contributed by atoms with Crippen molar-refractivity contribution < 1.29 is 38.4 Å². The molecule has 4 amide bonds. The van der Waals surface area contributed by atoms with Crippen molar-refractivity contribution in [1.82, 2.24) is 9.80 Å². The van der Waals surface area contributed by atoms with Crippen LogP contribution in [0.1, 0.15) is 82.5 Å². The highest BCUT2D eigenvalue weighted by Crippen LogP contribution is 2.34. The molecule has 2 aromatic rings. The van der Waals surface area contributed by atoms with Crippen molar-refractivity contribution in [2.24, 2.45) is 11.8 Å². The minimum Gasteiger partial charge on any atom is -0.490 e. The Morgan fingerprint density at radius 2 is 1.61 bits per heavy atom. The molecule has 1 aliphatic carbocycles. The summed E-state index contributed by atoms with van der Waals surface area (Å²) < 4.78 is 23.5. The maximum atomic E-state index is 14.4. The van der Waals surface area contributed by atoms with E-state index in [0.29, 0.717) is 41.8 Å². The highest BCUT2D eigenvalue weighted by atomic mass is 16.7. The minimum absolute atomic E-state index is 0.0555. The van der Waals surface area contributed by atoms with Crippen LogP contribution >= 0.6 is 0 Å². The van der Waals surface area contributed by atoms with Crippen molar-refractivity contribution in [3.05, 3.63) is 42.0 Å². The number of rotatable bonds is 7. The molecule has 2 heterocycles. The second-order valence-electron chi connectivity index (χ2n) is 13.7. The number of ether oxygens (including phenoxy) is 4. The molecule has 0 aromatic heterocycles. The average Bonchev–Trinajstić information content (AvgIpc) is 3.57. The second kappa shape index (κ2) is 17.1. The average molecular weight is 681 g/mol. The lowest BCUT2D eigenvalue weighted by Gasteiger charge is -2.36. The molecule has 12 nitrogen and oxygen atoms in total. The van der Waals surface area contributed by atoms with E-state index in [2.05, 4.69) is 10.6 Å². The van der Waals surface area contributed by atoms with Crippen molar-refractivity contribution in [2.45, 2.75) is 90.4 Å². The molecular formula is C37H52N4O8. The van der Waals surface area contributed by atoms with Gasteiger partial charge in [0.05, 0.1) is 30.4 Å². The lowest BCUT2D eigenvalue weighted by atomic mass is 9.88. The topological polar surface area (TPSA) is 139 Å². The summed E-state index contributed by atoms with van der Waals surface area (Å²) in [6.45, 7) is 6.93. The lowest BCUT2D eigenvalue weighted by molar-refractivity contribution is -0.137. The Hall–Kier alpha value is -4.03. The largest absolute Gasteiger partial charge is 0.490 e. The fraction of sp³-hybridized carbons (Fsp3) is 0.595. The number of nitrogens with one attached hydrogen (secondary N) is 2. The lowest BCUT2D eigenvalue weighted by Crippen LogP contribution is -2.48. The van der Waals surface area contributed by atoms with Gasteiger partial charge in [0.1, 0.15) is 5.75 Å². The van der Waals surface area contributed by atoms with Crippen molar-refractivity contribution in [2.75, 3.05) is 50.8 Å². The van der Waals surface area contributed by atoms with E-state index in [1.807, 2.05) is 20.9 Å². The third-order valence-electron chi connectivity index (χ3n) is 9.72. The molecule has 268 valence electrons. The molecule has 1 fully saturated rings. The number of amides is 4. The van der Waals surface area contributed by atoms with Gasteiger partial charge in [0.25, 0.3) is 5.91 Å². The molecule has 3 aliphatic rings. The number of carbonyl (C=O) groups is 3. The van der Waals surface area contributed by atoms with Crippen molar-refractivity contribution in [1.29, 1.82) is 0 Å².